The van der Waals surface area contributed by atoms with Gasteiger partial charge in [-0.2, -0.15) is 0 Å². The Kier molecular flexibility index (Phi) is 11.1. The van der Waals surface area contributed by atoms with E-state index in [9.17, 15) is 4.79 Å². The molecule has 0 fully saturated rings. The standard InChI is InChI=1S/C29H37N3O4/c1-22-7-9-24(10-8-22)20-32-29(33)6-4-5-17-36-25-18-27(34-2)26(28(19-25)35-3)21-31-16-13-23-11-14-30-15-12-23/h7-12,14-15,18-19,31H,4-6,13,16-17,20-21H2,1-3H3,(H,32,33). The van der Waals surface area contributed by atoms with Gasteiger partial charge >= 0.3 is 0 Å². The van der Waals surface area contributed by atoms with Gasteiger partial charge in [-0.25, -0.2) is 0 Å². The molecule has 3 aromatic rings. The van der Waals surface area contributed by atoms with Crippen LogP contribution < -0.4 is 24.8 Å². The first-order valence-corrected chi connectivity index (χ1v) is 12.4. The van der Waals surface area contributed by atoms with E-state index in [4.69, 9.17) is 14.2 Å². The number of carbonyl (C=O) groups excluding carboxylic acids is 1. The number of rotatable bonds is 15. The average Bonchev–Trinajstić information content (AvgIpc) is 2.91. The summed E-state index contributed by atoms with van der Waals surface area (Å²) in [6.45, 7) is 4.57. The highest BCUT2D eigenvalue weighted by molar-refractivity contribution is 5.75. The molecule has 1 aromatic heterocycles. The van der Waals surface area contributed by atoms with E-state index >= 15 is 0 Å². The molecule has 0 bridgehead atoms. The fourth-order valence-electron chi connectivity index (χ4n) is 3.79. The maximum absolute atomic E-state index is 12.1. The Morgan fingerprint density at radius 2 is 1.58 bits per heavy atom. The number of aromatic nitrogens is 1. The van der Waals surface area contributed by atoms with Gasteiger partial charge in [-0.3, -0.25) is 9.78 Å². The third-order valence-electron chi connectivity index (χ3n) is 5.90. The normalized spacial score (nSPS) is 10.6. The average molecular weight is 492 g/mol. The topological polar surface area (TPSA) is 81.7 Å². The minimum atomic E-state index is 0.0553. The maximum Gasteiger partial charge on any atom is 0.220 e. The van der Waals surface area contributed by atoms with Crippen LogP contribution in [0.25, 0.3) is 0 Å². The Morgan fingerprint density at radius 1 is 0.889 bits per heavy atom. The molecule has 192 valence electrons. The molecule has 0 saturated heterocycles. The van der Waals surface area contributed by atoms with Gasteiger partial charge in [-0.15, -0.1) is 0 Å². The SMILES string of the molecule is COc1cc(OCCCCC(=O)NCc2ccc(C)cc2)cc(OC)c1CNCCc1ccncc1. The van der Waals surface area contributed by atoms with E-state index in [-0.39, 0.29) is 5.91 Å². The zero-order valence-electron chi connectivity index (χ0n) is 21.5. The van der Waals surface area contributed by atoms with Gasteiger partial charge in [-0.1, -0.05) is 29.8 Å². The number of pyridine rings is 1. The van der Waals surface area contributed by atoms with Crippen LogP contribution in [-0.2, 0) is 24.3 Å². The molecule has 7 heteroatoms. The number of unbranched alkanes of at least 4 members (excludes halogenated alkanes) is 1. The summed E-state index contributed by atoms with van der Waals surface area (Å²) in [4.78, 5) is 16.2. The summed E-state index contributed by atoms with van der Waals surface area (Å²) in [6.07, 6.45) is 6.54. The Balaban J connectivity index is 1.40. The number of amides is 1. The summed E-state index contributed by atoms with van der Waals surface area (Å²) in [7, 11) is 3.29. The highest BCUT2D eigenvalue weighted by atomic mass is 16.5. The van der Waals surface area contributed by atoms with Gasteiger partial charge in [-0.05, 0) is 56.0 Å². The molecule has 0 unspecified atom stereocenters. The van der Waals surface area contributed by atoms with E-state index in [0.29, 0.717) is 31.9 Å². The number of hydrogen-bond donors (Lipinski definition) is 2. The van der Waals surface area contributed by atoms with Gasteiger partial charge in [0.2, 0.25) is 5.91 Å². The molecule has 0 saturated carbocycles. The Labute approximate surface area is 214 Å². The van der Waals surface area contributed by atoms with E-state index < -0.39 is 0 Å². The lowest BCUT2D eigenvalue weighted by Crippen LogP contribution is -2.22. The number of ether oxygens (including phenoxy) is 3. The van der Waals surface area contributed by atoms with Crippen molar-refractivity contribution in [3.8, 4) is 17.2 Å². The van der Waals surface area contributed by atoms with Gasteiger partial charge in [0.15, 0.2) is 0 Å². The summed E-state index contributed by atoms with van der Waals surface area (Å²) >= 11 is 0. The Morgan fingerprint density at radius 3 is 2.25 bits per heavy atom. The molecule has 36 heavy (non-hydrogen) atoms. The van der Waals surface area contributed by atoms with Gasteiger partial charge in [0.05, 0.1) is 26.4 Å². The van der Waals surface area contributed by atoms with Crippen LogP contribution in [0.1, 0.15) is 41.5 Å². The molecule has 1 heterocycles. The first kappa shape index (κ1) is 27.0. The molecule has 7 nitrogen and oxygen atoms in total. The van der Waals surface area contributed by atoms with E-state index in [1.165, 1.54) is 11.1 Å². The minimum Gasteiger partial charge on any atom is -0.496 e. The lowest BCUT2D eigenvalue weighted by atomic mass is 10.1. The molecule has 0 aliphatic rings. The van der Waals surface area contributed by atoms with Crippen LogP contribution in [0, 0.1) is 6.92 Å². The second kappa shape index (κ2) is 14.7. The van der Waals surface area contributed by atoms with Crippen LogP contribution in [0.2, 0.25) is 0 Å². The van der Waals surface area contributed by atoms with Crippen molar-refractivity contribution < 1.29 is 19.0 Å². The number of hydrogen-bond acceptors (Lipinski definition) is 6. The van der Waals surface area contributed by atoms with Gasteiger partial charge in [0, 0.05) is 44.0 Å². The molecule has 0 radical (unpaired) electrons. The van der Waals surface area contributed by atoms with Crippen LogP contribution in [0.5, 0.6) is 17.2 Å². The Hall–Kier alpha value is -3.58. The monoisotopic (exact) mass is 491 g/mol. The fraction of sp³-hybridized carbons (Fsp3) is 0.379. The van der Waals surface area contributed by atoms with Crippen molar-refractivity contribution in [2.24, 2.45) is 0 Å². The number of aryl methyl sites for hydroxylation is 1. The number of benzene rings is 2. The number of nitrogens with one attached hydrogen (secondary N) is 2. The van der Waals surface area contributed by atoms with Crippen LogP contribution >= 0.6 is 0 Å². The number of methoxy groups -OCH3 is 2. The minimum absolute atomic E-state index is 0.0553. The van der Waals surface area contributed by atoms with Crippen molar-refractivity contribution >= 4 is 5.91 Å². The second-order valence-corrected chi connectivity index (χ2v) is 8.66. The van der Waals surface area contributed by atoms with Crippen LogP contribution in [0.3, 0.4) is 0 Å². The number of nitrogens with zero attached hydrogens (tertiary/aromatic N) is 1. The highest BCUT2D eigenvalue weighted by Crippen LogP contribution is 2.34. The largest absolute Gasteiger partial charge is 0.496 e. The van der Waals surface area contributed by atoms with Crippen LogP contribution in [0.15, 0.2) is 60.9 Å². The zero-order valence-corrected chi connectivity index (χ0v) is 21.5. The van der Waals surface area contributed by atoms with Gasteiger partial charge < -0.3 is 24.8 Å². The smallest absolute Gasteiger partial charge is 0.220 e. The van der Waals surface area contributed by atoms with Gasteiger partial charge in [0.1, 0.15) is 17.2 Å². The fourth-order valence-corrected chi connectivity index (χ4v) is 3.79. The quantitative estimate of drug-likeness (QED) is 0.302. The predicted molar refractivity (Wildman–Crippen MR) is 142 cm³/mol. The van der Waals surface area contributed by atoms with Crippen molar-refractivity contribution in [1.82, 2.24) is 15.6 Å². The second-order valence-electron chi connectivity index (χ2n) is 8.66. The number of carbonyl (C=O) groups is 1. The lowest BCUT2D eigenvalue weighted by Gasteiger charge is -2.16. The molecule has 0 atom stereocenters. The lowest BCUT2D eigenvalue weighted by molar-refractivity contribution is -0.121. The van der Waals surface area contributed by atoms with Crippen molar-refractivity contribution in [1.29, 1.82) is 0 Å². The molecular weight excluding hydrogens is 454 g/mol. The summed E-state index contributed by atoms with van der Waals surface area (Å²) in [5.74, 6) is 2.18. The molecule has 2 N–H and O–H groups in total. The molecule has 3 rings (SSSR count). The van der Waals surface area contributed by atoms with Crippen molar-refractivity contribution in [2.75, 3.05) is 27.4 Å². The van der Waals surface area contributed by atoms with E-state index in [1.54, 1.807) is 14.2 Å². The predicted octanol–water partition coefficient (Wildman–Crippen LogP) is 4.61. The summed E-state index contributed by atoms with van der Waals surface area (Å²) in [5, 5.41) is 6.43. The molecule has 2 aromatic carbocycles. The first-order chi connectivity index (χ1) is 17.6. The summed E-state index contributed by atoms with van der Waals surface area (Å²) < 4.78 is 17.2. The van der Waals surface area contributed by atoms with Crippen molar-refractivity contribution in [2.45, 2.75) is 45.7 Å². The van der Waals surface area contributed by atoms with E-state index in [1.807, 2.05) is 48.8 Å². The third kappa shape index (κ3) is 8.89. The summed E-state index contributed by atoms with van der Waals surface area (Å²) in [5.41, 5.74) is 4.51. The van der Waals surface area contributed by atoms with Crippen LogP contribution in [0.4, 0.5) is 0 Å². The molecule has 0 aliphatic heterocycles. The van der Waals surface area contributed by atoms with Gasteiger partial charge in [0.25, 0.3) is 0 Å². The van der Waals surface area contributed by atoms with E-state index in [2.05, 4.69) is 34.7 Å². The zero-order chi connectivity index (χ0) is 25.6. The first-order valence-electron chi connectivity index (χ1n) is 12.4. The van der Waals surface area contributed by atoms with Crippen LogP contribution in [-0.4, -0.2) is 38.3 Å². The van der Waals surface area contributed by atoms with E-state index in [0.717, 1.165) is 48.4 Å². The maximum atomic E-state index is 12.1. The van der Waals surface area contributed by atoms with Crippen molar-refractivity contribution in [3.63, 3.8) is 0 Å². The molecular formula is C29H37N3O4. The molecule has 0 spiro atoms. The van der Waals surface area contributed by atoms with Crippen molar-refractivity contribution in [3.05, 3.63) is 83.2 Å². The molecule has 0 aliphatic carbocycles. The highest BCUT2D eigenvalue weighted by Gasteiger charge is 2.13. The summed E-state index contributed by atoms with van der Waals surface area (Å²) in [6, 6.07) is 16.0. The third-order valence-corrected chi connectivity index (χ3v) is 5.90. The Bertz CT molecular complexity index is 1050. The molecule has 1 amide bonds.